The molecule has 25 heavy (non-hydrogen) atoms. The summed E-state index contributed by atoms with van der Waals surface area (Å²) in [5.41, 5.74) is 0.690. The van der Waals surface area contributed by atoms with Gasteiger partial charge in [-0.15, -0.1) is 10.2 Å². The highest BCUT2D eigenvalue weighted by molar-refractivity contribution is 7.98. The molecule has 132 valence electrons. The highest BCUT2D eigenvalue weighted by Gasteiger charge is 2.17. The van der Waals surface area contributed by atoms with E-state index in [4.69, 9.17) is 18.6 Å². The number of nitrogens with zero attached hydrogens (tertiary/aromatic N) is 4. The Morgan fingerprint density at radius 3 is 2.36 bits per heavy atom. The van der Waals surface area contributed by atoms with Crippen LogP contribution in [0.2, 0.25) is 0 Å². The second kappa shape index (κ2) is 7.47. The number of hydrogen-bond acceptors (Lipinski definition) is 8. The van der Waals surface area contributed by atoms with Gasteiger partial charge in [0.2, 0.25) is 17.5 Å². The van der Waals surface area contributed by atoms with Crippen molar-refractivity contribution < 1.29 is 18.6 Å². The van der Waals surface area contributed by atoms with Gasteiger partial charge in [0.1, 0.15) is 0 Å². The molecule has 1 aromatic carbocycles. The normalized spacial score (nSPS) is 10.7. The second-order valence-corrected chi connectivity index (χ2v) is 5.97. The van der Waals surface area contributed by atoms with Gasteiger partial charge in [-0.05, 0) is 12.1 Å². The average molecular weight is 362 g/mol. The third-order valence-corrected chi connectivity index (χ3v) is 4.52. The highest BCUT2D eigenvalue weighted by Crippen LogP contribution is 2.41. The SMILES string of the molecule is COc1cc(-c2nnc(CSc3nccn3C)o2)cc(OC)c1OC. The van der Waals surface area contributed by atoms with Crippen LogP contribution in [0, 0.1) is 0 Å². The Morgan fingerprint density at radius 1 is 1.08 bits per heavy atom. The van der Waals surface area contributed by atoms with E-state index in [0.717, 1.165) is 5.16 Å². The van der Waals surface area contributed by atoms with Crippen LogP contribution >= 0.6 is 11.8 Å². The van der Waals surface area contributed by atoms with Gasteiger partial charge in [0.25, 0.3) is 0 Å². The molecule has 0 spiro atoms. The van der Waals surface area contributed by atoms with Gasteiger partial charge in [-0.25, -0.2) is 4.98 Å². The van der Waals surface area contributed by atoms with E-state index >= 15 is 0 Å². The predicted octanol–water partition coefficient (Wildman–Crippen LogP) is 2.79. The van der Waals surface area contributed by atoms with Gasteiger partial charge < -0.3 is 23.2 Å². The van der Waals surface area contributed by atoms with Crippen LogP contribution in [0.5, 0.6) is 17.2 Å². The van der Waals surface area contributed by atoms with E-state index in [-0.39, 0.29) is 0 Å². The molecule has 2 aromatic heterocycles. The number of aromatic nitrogens is 4. The van der Waals surface area contributed by atoms with Gasteiger partial charge in [0, 0.05) is 25.0 Å². The molecule has 0 aliphatic rings. The molecule has 8 nitrogen and oxygen atoms in total. The number of aryl methyl sites for hydroxylation is 1. The number of rotatable bonds is 7. The number of thioether (sulfide) groups is 1. The van der Waals surface area contributed by atoms with Crippen molar-refractivity contribution in [1.82, 2.24) is 19.7 Å². The lowest BCUT2D eigenvalue weighted by Crippen LogP contribution is -1.95. The zero-order chi connectivity index (χ0) is 17.8. The van der Waals surface area contributed by atoms with E-state index in [1.807, 2.05) is 17.8 Å². The Morgan fingerprint density at radius 2 is 1.80 bits per heavy atom. The van der Waals surface area contributed by atoms with Gasteiger partial charge >= 0.3 is 0 Å². The maximum Gasteiger partial charge on any atom is 0.248 e. The number of methoxy groups -OCH3 is 3. The first-order chi connectivity index (χ1) is 12.2. The highest BCUT2D eigenvalue weighted by atomic mass is 32.2. The van der Waals surface area contributed by atoms with E-state index in [1.54, 1.807) is 39.7 Å². The molecule has 3 rings (SSSR count). The van der Waals surface area contributed by atoms with E-state index < -0.39 is 0 Å². The Hall–Kier alpha value is -2.68. The van der Waals surface area contributed by atoms with Crippen LogP contribution in [-0.2, 0) is 12.8 Å². The molecule has 0 saturated carbocycles. The van der Waals surface area contributed by atoms with Crippen molar-refractivity contribution in [2.45, 2.75) is 10.9 Å². The summed E-state index contributed by atoms with van der Waals surface area (Å²) in [7, 11) is 6.61. The van der Waals surface area contributed by atoms with Crippen LogP contribution in [0.25, 0.3) is 11.5 Å². The molecule has 0 saturated heterocycles. The lowest BCUT2D eigenvalue weighted by Gasteiger charge is -2.12. The number of benzene rings is 1. The summed E-state index contributed by atoms with van der Waals surface area (Å²) in [5, 5.41) is 9.08. The molecule has 0 N–H and O–H groups in total. The number of ether oxygens (including phenoxy) is 3. The fraction of sp³-hybridized carbons (Fsp3) is 0.312. The molecular weight excluding hydrogens is 344 g/mol. The number of imidazole rings is 1. The molecule has 0 unspecified atom stereocenters. The lowest BCUT2D eigenvalue weighted by molar-refractivity contribution is 0.324. The lowest BCUT2D eigenvalue weighted by atomic mass is 10.2. The summed E-state index contributed by atoms with van der Waals surface area (Å²) in [4.78, 5) is 4.25. The van der Waals surface area contributed by atoms with Crippen molar-refractivity contribution in [2.24, 2.45) is 7.05 Å². The van der Waals surface area contributed by atoms with Crippen LogP contribution in [0.4, 0.5) is 0 Å². The fourth-order valence-electron chi connectivity index (χ4n) is 2.25. The number of hydrogen-bond donors (Lipinski definition) is 0. The Bertz CT molecular complexity index is 836. The second-order valence-electron chi connectivity index (χ2n) is 5.02. The monoisotopic (exact) mass is 362 g/mol. The third-order valence-electron chi connectivity index (χ3n) is 3.48. The summed E-state index contributed by atoms with van der Waals surface area (Å²) in [5.74, 6) is 2.99. The predicted molar refractivity (Wildman–Crippen MR) is 92.2 cm³/mol. The quantitative estimate of drug-likeness (QED) is 0.593. The van der Waals surface area contributed by atoms with Gasteiger partial charge in [0.05, 0.1) is 27.1 Å². The van der Waals surface area contributed by atoms with E-state index in [1.165, 1.54) is 11.8 Å². The van der Waals surface area contributed by atoms with Gasteiger partial charge in [-0.2, -0.15) is 0 Å². The molecule has 0 fully saturated rings. The van der Waals surface area contributed by atoms with Crippen LogP contribution in [-0.4, -0.2) is 41.1 Å². The Kier molecular flexibility index (Phi) is 5.13. The smallest absolute Gasteiger partial charge is 0.248 e. The standard InChI is InChI=1S/C16H18N4O4S/c1-20-6-5-17-16(20)25-9-13-18-19-15(24-13)10-7-11(21-2)14(23-4)12(8-10)22-3/h5-8H,9H2,1-4H3. The summed E-state index contributed by atoms with van der Waals surface area (Å²) in [6, 6.07) is 3.54. The summed E-state index contributed by atoms with van der Waals surface area (Å²) >= 11 is 1.52. The van der Waals surface area contributed by atoms with Gasteiger partial charge in [0.15, 0.2) is 16.7 Å². The Balaban J connectivity index is 1.83. The fourth-order valence-corrected chi connectivity index (χ4v) is 3.02. The summed E-state index contributed by atoms with van der Waals surface area (Å²) in [6.07, 6.45) is 3.63. The van der Waals surface area contributed by atoms with Gasteiger partial charge in [-0.1, -0.05) is 11.8 Å². The molecule has 0 aliphatic heterocycles. The van der Waals surface area contributed by atoms with Crippen molar-refractivity contribution in [3.8, 4) is 28.7 Å². The van der Waals surface area contributed by atoms with Crippen LogP contribution in [0.15, 0.2) is 34.1 Å². The summed E-state index contributed by atoms with van der Waals surface area (Å²) < 4.78 is 23.7. The van der Waals surface area contributed by atoms with Crippen molar-refractivity contribution in [1.29, 1.82) is 0 Å². The van der Waals surface area contributed by atoms with Crippen LogP contribution in [0.1, 0.15) is 5.89 Å². The van der Waals surface area contributed by atoms with Crippen LogP contribution in [0.3, 0.4) is 0 Å². The minimum Gasteiger partial charge on any atom is -0.493 e. The van der Waals surface area contributed by atoms with Crippen molar-refractivity contribution in [3.05, 3.63) is 30.4 Å². The first kappa shape index (κ1) is 17.2. The first-order valence-electron chi connectivity index (χ1n) is 7.39. The third kappa shape index (κ3) is 3.55. The molecule has 9 heteroatoms. The molecule has 0 amide bonds. The molecule has 3 aromatic rings. The van der Waals surface area contributed by atoms with E-state index in [2.05, 4.69) is 15.2 Å². The molecule has 0 radical (unpaired) electrons. The maximum absolute atomic E-state index is 5.75. The largest absolute Gasteiger partial charge is 0.493 e. The minimum absolute atomic E-state index is 0.384. The van der Waals surface area contributed by atoms with E-state index in [0.29, 0.717) is 40.3 Å². The van der Waals surface area contributed by atoms with Crippen molar-refractivity contribution in [3.63, 3.8) is 0 Å². The first-order valence-corrected chi connectivity index (χ1v) is 8.37. The molecule has 0 aliphatic carbocycles. The van der Waals surface area contributed by atoms with Crippen molar-refractivity contribution in [2.75, 3.05) is 21.3 Å². The van der Waals surface area contributed by atoms with Crippen molar-refractivity contribution >= 4 is 11.8 Å². The van der Waals surface area contributed by atoms with Gasteiger partial charge in [-0.3, -0.25) is 0 Å². The van der Waals surface area contributed by atoms with Crippen LogP contribution < -0.4 is 14.2 Å². The molecule has 0 bridgehead atoms. The summed E-state index contributed by atoms with van der Waals surface area (Å²) in [6.45, 7) is 0. The topological polar surface area (TPSA) is 84.4 Å². The zero-order valence-corrected chi connectivity index (χ0v) is 15.2. The molecule has 2 heterocycles. The maximum atomic E-state index is 5.75. The molecule has 0 atom stereocenters. The average Bonchev–Trinajstić information content (AvgIpc) is 3.27. The zero-order valence-electron chi connectivity index (χ0n) is 14.3. The molecular formula is C16H18N4O4S. The minimum atomic E-state index is 0.384. The Labute approximate surface area is 149 Å². The van der Waals surface area contributed by atoms with E-state index in [9.17, 15) is 0 Å².